The maximum absolute atomic E-state index is 11.8. The van der Waals surface area contributed by atoms with Crippen LogP contribution >= 0.6 is 0 Å². The number of carbonyl (C=O) groups excluding carboxylic acids is 2. The second-order valence-corrected chi connectivity index (χ2v) is 5.47. The molecular weight excluding hydrogens is 306 g/mol. The molecule has 0 saturated carbocycles. The molecule has 0 bridgehead atoms. The molecule has 124 valence electrons. The number of benzene rings is 2. The topological polar surface area (TPSA) is 79.5 Å². The van der Waals surface area contributed by atoms with Crippen LogP contribution in [0.25, 0.3) is 0 Å². The van der Waals surface area contributed by atoms with Gasteiger partial charge in [-0.2, -0.15) is 0 Å². The van der Waals surface area contributed by atoms with E-state index < -0.39 is 0 Å². The Morgan fingerprint density at radius 3 is 2.83 bits per heavy atom. The zero-order valence-electron chi connectivity index (χ0n) is 13.2. The van der Waals surface area contributed by atoms with Gasteiger partial charge in [0.15, 0.2) is 0 Å². The summed E-state index contributed by atoms with van der Waals surface area (Å²) < 4.78 is 5.52. The fraction of sp³-hybridized carbons (Fsp3) is 0.222. The molecule has 0 radical (unpaired) electrons. The molecule has 0 atom stereocenters. The van der Waals surface area contributed by atoms with Crippen molar-refractivity contribution in [2.75, 3.05) is 23.8 Å². The van der Waals surface area contributed by atoms with Gasteiger partial charge in [0.25, 0.3) is 0 Å². The first-order valence-corrected chi connectivity index (χ1v) is 7.86. The normalized spacial score (nSPS) is 13.1. The first kappa shape index (κ1) is 15.9. The van der Waals surface area contributed by atoms with Crippen LogP contribution in [0.15, 0.2) is 48.5 Å². The minimum atomic E-state index is -0.243. The van der Waals surface area contributed by atoms with Crippen molar-refractivity contribution in [3.63, 3.8) is 0 Å². The Kier molecular flexibility index (Phi) is 4.96. The van der Waals surface area contributed by atoms with Crippen LogP contribution in [0.4, 0.5) is 16.2 Å². The second-order valence-electron chi connectivity index (χ2n) is 5.47. The highest BCUT2D eigenvalue weighted by Crippen LogP contribution is 2.28. The van der Waals surface area contributed by atoms with E-state index in [1.54, 1.807) is 0 Å². The molecule has 0 spiro atoms. The maximum Gasteiger partial charge on any atom is 0.319 e. The Labute approximate surface area is 140 Å². The molecule has 6 nitrogen and oxygen atoms in total. The molecule has 3 amide bonds. The highest BCUT2D eigenvalue weighted by molar-refractivity contribution is 5.93. The van der Waals surface area contributed by atoms with Crippen molar-refractivity contribution in [3.05, 3.63) is 54.1 Å². The number of rotatable bonds is 4. The molecule has 2 aromatic rings. The lowest BCUT2D eigenvalue weighted by atomic mass is 10.1. The van der Waals surface area contributed by atoms with Crippen LogP contribution in [0.1, 0.15) is 12.0 Å². The van der Waals surface area contributed by atoms with Gasteiger partial charge < -0.3 is 20.7 Å². The van der Waals surface area contributed by atoms with E-state index in [0.717, 1.165) is 11.3 Å². The lowest BCUT2D eigenvalue weighted by Gasteiger charge is -2.10. The van der Waals surface area contributed by atoms with Crippen LogP contribution in [0.3, 0.4) is 0 Å². The summed E-state index contributed by atoms with van der Waals surface area (Å²) in [5, 5.41) is 8.41. The lowest BCUT2D eigenvalue weighted by Crippen LogP contribution is -2.30. The standard InChI is InChI=1S/C18H19N3O3/c22-17-9-11-24-16-7-6-13(12-15(16)21-17)8-10-19-18(23)20-14-4-2-1-3-5-14/h1-7,12H,8-11H2,(H,21,22)(H2,19,20,23). The predicted octanol–water partition coefficient (Wildman–Crippen LogP) is 2.77. The number of anilines is 2. The second kappa shape index (κ2) is 7.50. The molecule has 3 rings (SSSR count). The number of nitrogens with one attached hydrogen (secondary N) is 3. The average Bonchev–Trinajstić information content (AvgIpc) is 2.76. The van der Waals surface area contributed by atoms with Gasteiger partial charge in [-0.3, -0.25) is 4.79 Å². The van der Waals surface area contributed by atoms with Crippen molar-refractivity contribution in [1.82, 2.24) is 5.32 Å². The highest BCUT2D eigenvalue weighted by Gasteiger charge is 2.14. The van der Waals surface area contributed by atoms with Gasteiger partial charge >= 0.3 is 6.03 Å². The summed E-state index contributed by atoms with van der Waals surface area (Å²) in [5.74, 6) is 0.630. The lowest BCUT2D eigenvalue weighted by molar-refractivity contribution is -0.116. The van der Waals surface area contributed by atoms with Crippen LogP contribution in [0, 0.1) is 0 Å². The van der Waals surface area contributed by atoms with Gasteiger partial charge in [-0.05, 0) is 36.2 Å². The monoisotopic (exact) mass is 325 g/mol. The molecule has 0 saturated heterocycles. The van der Waals surface area contributed by atoms with E-state index in [4.69, 9.17) is 4.74 Å². The number of ether oxygens (including phenoxy) is 1. The molecule has 0 aliphatic carbocycles. The van der Waals surface area contributed by atoms with Crippen molar-refractivity contribution in [1.29, 1.82) is 0 Å². The van der Waals surface area contributed by atoms with E-state index >= 15 is 0 Å². The number of fused-ring (bicyclic) bond motifs is 1. The van der Waals surface area contributed by atoms with E-state index in [2.05, 4.69) is 16.0 Å². The molecule has 0 aromatic heterocycles. The predicted molar refractivity (Wildman–Crippen MR) is 92.4 cm³/mol. The molecular formula is C18H19N3O3. The fourth-order valence-corrected chi connectivity index (χ4v) is 2.44. The summed E-state index contributed by atoms with van der Waals surface area (Å²) in [6, 6.07) is 14.7. The van der Waals surface area contributed by atoms with Crippen molar-refractivity contribution in [2.45, 2.75) is 12.8 Å². The van der Waals surface area contributed by atoms with Gasteiger partial charge in [0.05, 0.1) is 18.7 Å². The summed E-state index contributed by atoms with van der Waals surface area (Å²) in [5.41, 5.74) is 2.45. The van der Waals surface area contributed by atoms with E-state index in [0.29, 0.717) is 37.4 Å². The molecule has 24 heavy (non-hydrogen) atoms. The fourth-order valence-electron chi connectivity index (χ4n) is 2.44. The number of para-hydroxylation sites is 1. The van der Waals surface area contributed by atoms with E-state index in [1.807, 2.05) is 48.5 Å². The quantitative estimate of drug-likeness (QED) is 0.809. The third kappa shape index (κ3) is 4.25. The van der Waals surface area contributed by atoms with Crippen LogP contribution in [0.5, 0.6) is 5.75 Å². The smallest absolute Gasteiger partial charge is 0.319 e. The number of urea groups is 1. The van der Waals surface area contributed by atoms with Crippen molar-refractivity contribution >= 4 is 23.3 Å². The molecule has 1 aliphatic rings. The minimum absolute atomic E-state index is 0.0498. The van der Waals surface area contributed by atoms with E-state index in [1.165, 1.54) is 0 Å². The minimum Gasteiger partial charge on any atom is -0.491 e. The number of hydrogen-bond donors (Lipinski definition) is 3. The summed E-state index contributed by atoms with van der Waals surface area (Å²) in [7, 11) is 0. The van der Waals surface area contributed by atoms with Crippen molar-refractivity contribution in [2.24, 2.45) is 0 Å². The Morgan fingerprint density at radius 2 is 2.00 bits per heavy atom. The molecule has 0 unspecified atom stereocenters. The van der Waals surface area contributed by atoms with Crippen molar-refractivity contribution in [3.8, 4) is 5.75 Å². The summed E-state index contributed by atoms with van der Waals surface area (Å²) >= 11 is 0. The highest BCUT2D eigenvalue weighted by atomic mass is 16.5. The molecule has 1 heterocycles. The average molecular weight is 325 g/mol. The Balaban J connectivity index is 1.52. The van der Waals surface area contributed by atoms with Gasteiger partial charge in [0, 0.05) is 12.2 Å². The van der Waals surface area contributed by atoms with Crippen LogP contribution < -0.4 is 20.7 Å². The maximum atomic E-state index is 11.8. The third-order valence-corrected chi connectivity index (χ3v) is 3.64. The Bertz CT molecular complexity index is 732. The largest absolute Gasteiger partial charge is 0.491 e. The molecule has 1 aliphatic heterocycles. The summed E-state index contributed by atoms with van der Waals surface area (Å²) in [6.45, 7) is 0.881. The van der Waals surface area contributed by atoms with E-state index in [-0.39, 0.29) is 11.9 Å². The first-order chi connectivity index (χ1) is 11.7. The van der Waals surface area contributed by atoms with Gasteiger partial charge in [0.2, 0.25) is 5.91 Å². The van der Waals surface area contributed by atoms with Crippen LogP contribution in [-0.2, 0) is 11.2 Å². The Hall–Kier alpha value is -3.02. The summed E-state index contributed by atoms with van der Waals surface area (Å²) in [6.07, 6.45) is 1.01. The van der Waals surface area contributed by atoms with Crippen LogP contribution in [-0.4, -0.2) is 25.1 Å². The van der Waals surface area contributed by atoms with Gasteiger partial charge in [-0.25, -0.2) is 4.79 Å². The molecule has 6 heteroatoms. The van der Waals surface area contributed by atoms with Crippen LogP contribution in [0.2, 0.25) is 0 Å². The Morgan fingerprint density at radius 1 is 1.17 bits per heavy atom. The number of amides is 3. The van der Waals surface area contributed by atoms with Gasteiger partial charge in [-0.15, -0.1) is 0 Å². The zero-order valence-corrected chi connectivity index (χ0v) is 13.2. The first-order valence-electron chi connectivity index (χ1n) is 7.86. The number of hydrogen-bond acceptors (Lipinski definition) is 3. The van der Waals surface area contributed by atoms with Crippen molar-refractivity contribution < 1.29 is 14.3 Å². The molecule has 2 aromatic carbocycles. The number of carbonyl (C=O) groups is 2. The molecule has 3 N–H and O–H groups in total. The van der Waals surface area contributed by atoms with Gasteiger partial charge in [0.1, 0.15) is 5.75 Å². The SMILES string of the molecule is O=C1CCOc2ccc(CCNC(=O)Nc3ccccc3)cc2N1. The zero-order chi connectivity index (χ0) is 16.8. The third-order valence-electron chi connectivity index (χ3n) is 3.64. The molecule has 0 fully saturated rings. The summed E-state index contributed by atoms with van der Waals surface area (Å²) in [4.78, 5) is 23.4. The van der Waals surface area contributed by atoms with E-state index in [9.17, 15) is 9.59 Å². The van der Waals surface area contributed by atoms with Gasteiger partial charge in [-0.1, -0.05) is 24.3 Å².